The van der Waals surface area contributed by atoms with Gasteiger partial charge in [-0.25, -0.2) is 14.6 Å². The Morgan fingerprint density at radius 1 is 0.738 bits per heavy atom. The quantitative estimate of drug-likeness (QED) is 0.136. The Bertz CT molecular complexity index is 2240. The van der Waals surface area contributed by atoms with Crippen molar-refractivity contribution in [1.29, 1.82) is 0 Å². The van der Waals surface area contributed by atoms with Gasteiger partial charge in [0.05, 0.1) is 21.1 Å². The standard InChI is InChI=1S/C26H14Cl2N2O10S2/c27-15-7-1-4-11(23(15)41(35,36)37)14-10-17-12(6-3-9-29-17)21-19(14)18(20(25(31)32)22(30-21)26(33)34)13-5-2-8-16(28)24(13)42(38,39)40/h1-10H,(H,31,32)(H,33,34)(H,35,36,37)(H,38,39,40). The molecule has 0 aliphatic rings. The number of benzene rings is 3. The average molecular weight is 649 g/mol. The molecule has 0 saturated heterocycles. The van der Waals surface area contributed by atoms with Crippen LogP contribution in [0.2, 0.25) is 10.0 Å². The highest BCUT2D eigenvalue weighted by Gasteiger charge is 2.33. The van der Waals surface area contributed by atoms with Crippen LogP contribution in [-0.4, -0.2) is 58.1 Å². The first-order valence-electron chi connectivity index (χ1n) is 11.4. The van der Waals surface area contributed by atoms with Crippen LogP contribution in [0.4, 0.5) is 0 Å². The normalized spacial score (nSPS) is 12.1. The van der Waals surface area contributed by atoms with E-state index in [0.717, 1.165) is 12.1 Å². The highest BCUT2D eigenvalue weighted by molar-refractivity contribution is 7.86. The Morgan fingerprint density at radius 2 is 1.31 bits per heavy atom. The van der Waals surface area contributed by atoms with Crippen molar-refractivity contribution in [2.75, 3.05) is 0 Å². The van der Waals surface area contributed by atoms with E-state index in [-0.39, 0.29) is 32.9 Å². The molecule has 0 amide bonds. The molecule has 2 aromatic heterocycles. The lowest BCUT2D eigenvalue weighted by Crippen LogP contribution is -2.15. The molecule has 0 fully saturated rings. The summed E-state index contributed by atoms with van der Waals surface area (Å²) in [5.41, 5.74) is -3.65. The van der Waals surface area contributed by atoms with E-state index in [0.29, 0.717) is 0 Å². The summed E-state index contributed by atoms with van der Waals surface area (Å²) in [4.78, 5) is 31.7. The van der Waals surface area contributed by atoms with Crippen LogP contribution in [0.25, 0.3) is 44.1 Å². The van der Waals surface area contributed by atoms with E-state index in [1.165, 1.54) is 48.7 Å². The molecule has 5 aromatic rings. The number of carbonyl (C=O) groups is 2. The maximum Gasteiger partial charge on any atom is 0.355 e. The molecule has 214 valence electrons. The summed E-state index contributed by atoms with van der Waals surface area (Å²) >= 11 is 12.3. The summed E-state index contributed by atoms with van der Waals surface area (Å²) in [6, 6.07) is 11.4. The summed E-state index contributed by atoms with van der Waals surface area (Å²) in [6.45, 7) is 0. The zero-order chi connectivity index (χ0) is 30.7. The van der Waals surface area contributed by atoms with Gasteiger partial charge in [-0.2, -0.15) is 16.8 Å². The lowest BCUT2D eigenvalue weighted by molar-refractivity contribution is 0.0647. The maximum atomic E-state index is 12.7. The highest BCUT2D eigenvalue weighted by Crippen LogP contribution is 2.46. The van der Waals surface area contributed by atoms with Gasteiger partial charge >= 0.3 is 11.9 Å². The minimum absolute atomic E-state index is 0.139. The van der Waals surface area contributed by atoms with Crippen molar-refractivity contribution < 1.29 is 45.7 Å². The molecular weight excluding hydrogens is 635 g/mol. The van der Waals surface area contributed by atoms with Crippen LogP contribution in [0.1, 0.15) is 20.8 Å². The molecule has 12 nitrogen and oxygen atoms in total. The first-order valence-corrected chi connectivity index (χ1v) is 15.0. The van der Waals surface area contributed by atoms with Crippen molar-refractivity contribution in [2.45, 2.75) is 9.79 Å². The molecule has 0 unspecified atom stereocenters. The van der Waals surface area contributed by atoms with Gasteiger partial charge in [-0.3, -0.25) is 14.1 Å². The lowest BCUT2D eigenvalue weighted by atomic mass is 9.88. The number of nitrogens with zero attached hydrogens (tertiary/aromatic N) is 2. The third-order valence-electron chi connectivity index (χ3n) is 6.27. The monoisotopic (exact) mass is 648 g/mol. The van der Waals surface area contributed by atoms with Gasteiger partial charge in [-0.15, -0.1) is 0 Å². The fourth-order valence-electron chi connectivity index (χ4n) is 4.78. The predicted octanol–water partition coefficient (Wildman–Crippen LogP) is 5.31. The van der Waals surface area contributed by atoms with Gasteiger partial charge in [0, 0.05) is 33.7 Å². The minimum atomic E-state index is -5.18. The highest BCUT2D eigenvalue weighted by atomic mass is 35.5. The van der Waals surface area contributed by atoms with Crippen LogP contribution in [0.5, 0.6) is 0 Å². The zero-order valence-electron chi connectivity index (χ0n) is 20.5. The van der Waals surface area contributed by atoms with Crippen molar-refractivity contribution in [3.63, 3.8) is 0 Å². The molecule has 3 aromatic carbocycles. The van der Waals surface area contributed by atoms with Gasteiger partial charge in [0.1, 0.15) is 15.4 Å². The third-order valence-corrected chi connectivity index (χ3v) is 9.03. The number of halogens is 2. The average Bonchev–Trinajstić information content (AvgIpc) is 2.89. The molecule has 0 bridgehead atoms. The molecule has 16 heteroatoms. The Balaban J connectivity index is 2.23. The van der Waals surface area contributed by atoms with Gasteiger partial charge in [0.2, 0.25) is 0 Å². The van der Waals surface area contributed by atoms with E-state index >= 15 is 0 Å². The summed E-state index contributed by atoms with van der Waals surface area (Å²) < 4.78 is 70.2. The van der Waals surface area contributed by atoms with E-state index in [1.807, 2.05) is 0 Å². The van der Waals surface area contributed by atoms with Crippen LogP contribution < -0.4 is 0 Å². The number of aromatic nitrogens is 2. The number of carboxylic acid groups (broad SMARTS) is 2. The van der Waals surface area contributed by atoms with Crippen LogP contribution >= 0.6 is 23.2 Å². The number of aromatic carboxylic acids is 2. The molecule has 4 N–H and O–H groups in total. The molecule has 42 heavy (non-hydrogen) atoms. The Kier molecular flexibility index (Phi) is 7.17. The molecule has 0 aliphatic heterocycles. The van der Waals surface area contributed by atoms with Crippen molar-refractivity contribution in [1.82, 2.24) is 9.97 Å². The lowest BCUT2D eigenvalue weighted by Gasteiger charge is -2.20. The van der Waals surface area contributed by atoms with Gasteiger partial charge in [0.15, 0.2) is 5.69 Å². The fraction of sp³-hybridized carbons (Fsp3) is 0. The fourth-order valence-corrected chi connectivity index (χ4v) is 7.25. The molecule has 0 radical (unpaired) electrons. The van der Waals surface area contributed by atoms with E-state index < -0.39 is 74.4 Å². The summed E-state index contributed by atoms with van der Waals surface area (Å²) in [7, 11) is -10.2. The number of hydrogen-bond donors (Lipinski definition) is 4. The molecule has 0 saturated carbocycles. The number of hydrogen-bond acceptors (Lipinski definition) is 8. The molecule has 2 heterocycles. The third kappa shape index (κ3) is 4.83. The van der Waals surface area contributed by atoms with Gasteiger partial charge < -0.3 is 10.2 Å². The Labute approximate surface area is 246 Å². The first kappa shape index (κ1) is 29.3. The largest absolute Gasteiger partial charge is 0.478 e. The van der Waals surface area contributed by atoms with Crippen molar-refractivity contribution in [3.05, 3.63) is 82.1 Å². The zero-order valence-corrected chi connectivity index (χ0v) is 23.6. The molecular formula is C26H14Cl2N2O10S2. The predicted molar refractivity (Wildman–Crippen MR) is 151 cm³/mol. The molecule has 0 aliphatic carbocycles. The summed E-state index contributed by atoms with van der Waals surface area (Å²) in [5.74, 6) is -3.65. The molecule has 5 rings (SSSR count). The van der Waals surface area contributed by atoms with Crippen LogP contribution in [0.3, 0.4) is 0 Å². The van der Waals surface area contributed by atoms with Crippen LogP contribution in [0, 0.1) is 0 Å². The van der Waals surface area contributed by atoms with Gasteiger partial charge in [0.25, 0.3) is 20.2 Å². The Morgan fingerprint density at radius 3 is 1.86 bits per heavy atom. The van der Waals surface area contributed by atoms with E-state index in [2.05, 4.69) is 9.97 Å². The van der Waals surface area contributed by atoms with E-state index in [1.54, 1.807) is 0 Å². The second-order valence-corrected chi connectivity index (χ2v) is 12.3. The Hall–Kier alpha value is -4.18. The SMILES string of the molecule is O=C(O)c1nc2c(c(-c3cccc(Cl)c3S(=O)(=O)O)cc3ncccc32)c(-c2cccc(Cl)c2S(=O)(=O)O)c1C(=O)O. The number of rotatable bonds is 6. The molecule has 0 atom stereocenters. The molecule has 0 spiro atoms. The van der Waals surface area contributed by atoms with Crippen molar-refractivity contribution in [2.24, 2.45) is 0 Å². The number of pyridine rings is 2. The van der Waals surface area contributed by atoms with Crippen molar-refractivity contribution in [3.8, 4) is 22.3 Å². The van der Waals surface area contributed by atoms with Crippen LogP contribution in [-0.2, 0) is 20.2 Å². The second kappa shape index (κ2) is 10.3. The topological polar surface area (TPSA) is 209 Å². The number of fused-ring (bicyclic) bond motifs is 3. The van der Waals surface area contributed by atoms with Gasteiger partial charge in [-0.1, -0.05) is 47.5 Å². The first-order chi connectivity index (χ1) is 19.6. The van der Waals surface area contributed by atoms with E-state index in [4.69, 9.17) is 23.2 Å². The minimum Gasteiger partial charge on any atom is -0.478 e. The van der Waals surface area contributed by atoms with E-state index in [9.17, 15) is 45.7 Å². The van der Waals surface area contributed by atoms with Crippen molar-refractivity contribution >= 4 is 77.2 Å². The van der Waals surface area contributed by atoms with Crippen LogP contribution in [0.15, 0.2) is 70.6 Å². The number of carboxylic acids is 2. The smallest absolute Gasteiger partial charge is 0.355 e. The summed E-state index contributed by atoms with van der Waals surface area (Å²) in [5, 5.41) is 19.2. The maximum absolute atomic E-state index is 12.7. The summed E-state index contributed by atoms with van der Waals surface area (Å²) in [6.07, 6.45) is 1.37. The van der Waals surface area contributed by atoms with Gasteiger partial charge in [-0.05, 0) is 35.9 Å². The second-order valence-electron chi connectivity index (χ2n) is 8.72.